The van der Waals surface area contributed by atoms with E-state index in [-0.39, 0.29) is 12.0 Å². The molecule has 18 heavy (non-hydrogen) atoms. The zero-order chi connectivity index (χ0) is 13.1. The Morgan fingerprint density at radius 2 is 2.06 bits per heavy atom. The van der Waals surface area contributed by atoms with Gasteiger partial charge in [-0.25, -0.2) is 0 Å². The van der Waals surface area contributed by atoms with Crippen LogP contribution >= 0.6 is 15.9 Å². The highest BCUT2D eigenvalue weighted by molar-refractivity contribution is 9.10. The van der Waals surface area contributed by atoms with Crippen molar-refractivity contribution >= 4 is 33.5 Å². The number of hydrogen-bond donors (Lipinski definition) is 2. The molecule has 0 atom stereocenters. The summed E-state index contributed by atoms with van der Waals surface area (Å²) >= 11 is 3.50. The van der Waals surface area contributed by atoms with Crippen LogP contribution in [0.4, 0.5) is 17.6 Å². The number of methoxy groups -OCH3 is 1. The van der Waals surface area contributed by atoms with Gasteiger partial charge in [-0.1, -0.05) is 12.1 Å². The lowest BCUT2D eigenvalue weighted by Crippen LogP contribution is -2.05. The van der Waals surface area contributed by atoms with Crippen molar-refractivity contribution in [2.24, 2.45) is 0 Å². The van der Waals surface area contributed by atoms with Gasteiger partial charge in [-0.15, -0.1) is 0 Å². The molecule has 0 saturated heterocycles. The Bertz CT molecular complexity index is 575. The van der Waals surface area contributed by atoms with Crippen molar-refractivity contribution in [2.75, 3.05) is 18.2 Å². The van der Waals surface area contributed by atoms with Crippen LogP contribution in [-0.4, -0.2) is 22.1 Å². The molecule has 0 bridgehead atoms. The molecule has 6 nitrogen and oxygen atoms in total. The number of benzene rings is 1. The summed E-state index contributed by atoms with van der Waals surface area (Å²) in [5.41, 5.74) is 7.52. The number of anilines is 3. The van der Waals surface area contributed by atoms with Crippen LogP contribution in [0.15, 0.2) is 22.7 Å². The lowest BCUT2D eigenvalue weighted by atomic mass is 10.2. The number of aryl methyl sites for hydroxylation is 1. The van der Waals surface area contributed by atoms with Crippen LogP contribution in [0.2, 0.25) is 0 Å². The van der Waals surface area contributed by atoms with Crippen molar-refractivity contribution in [3.8, 4) is 6.01 Å². The maximum atomic E-state index is 5.56. The Morgan fingerprint density at radius 3 is 2.78 bits per heavy atom. The first kappa shape index (κ1) is 12.6. The molecule has 0 aliphatic rings. The molecule has 94 valence electrons. The fourth-order valence-electron chi connectivity index (χ4n) is 1.38. The SMILES string of the molecule is COc1nc(N)nc(Nc2cccc(C)c2Br)n1. The van der Waals surface area contributed by atoms with Gasteiger partial charge in [-0.05, 0) is 34.5 Å². The summed E-state index contributed by atoms with van der Waals surface area (Å²) in [6, 6.07) is 6.01. The highest BCUT2D eigenvalue weighted by Crippen LogP contribution is 2.27. The quantitative estimate of drug-likeness (QED) is 0.904. The van der Waals surface area contributed by atoms with E-state index in [1.807, 2.05) is 25.1 Å². The summed E-state index contributed by atoms with van der Waals surface area (Å²) in [6.07, 6.45) is 0. The molecule has 0 spiro atoms. The van der Waals surface area contributed by atoms with Gasteiger partial charge in [0.15, 0.2) is 0 Å². The summed E-state index contributed by atoms with van der Waals surface area (Å²) in [5, 5.41) is 3.06. The van der Waals surface area contributed by atoms with Gasteiger partial charge in [-0.2, -0.15) is 15.0 Å². The van der Waals surface area contributed by atoms with E-state index in [1.54, 1.807) is 0 Å². The maximum Gasteiger partial charge on any atom is 0.322 e. The van der Waals surface area contributed by atoms with Crippen molar-refractivity contribution in [1.29, 1.82) is 0 Å². The van der Waals surface area contributed by atoms with Crippen LogP contribution in [-0.2, 0) is 0 Å². The van der Waals surface area contributed by atoms with E-state index < -0.39 is 0 Å². The first-order valence-electron chi connectivity index (χ1n) is 5.18. The molecule has 0 unspecified atom stereocenters. The van der Waals surface area contributed by atoms with E-state index in [4.69, 9.17) is 10.5 Å². The minimum Gasteiger partial charge on any atom is -0.467 e. The first-order valence-corrected chi connectivity index (χ1v) is 5.97. The van der Waals surface area contributed by atoms with Gasteiger partial charge in [0.2, 0.25) is 11.9 Å². The van der Waals surface area contributed by atoms with E-state index >= 15 is 0 Å². The van der Waals surface area contributed by atoms with Gasteiger partial charge in [0.25, 0.3) is 0 Å². The summed E-state index contributed by atoms with van der Waals surface area (Å²) in [4.78, 5) is 11.9. The van der Waals surface area contributed by atoms with Gasteiger partial charge in [0.05, 0.1) is 12.8 Å². The topological polar surface area (TPSA) is 86.0 Å². The summed E-state index contributed by atoms with van der Waals surface area (Å²) in [6.45, 7) is 2.00. The number of hydrogen-bond acceptors (Lipinski definition) is 6. The molecule has 7 heteroatoms. The third-order valence-corrected chi connectivity index (χ3v) is 3.31. The predicted molar refractivity (Wildman–Crippen MR) is 73.0 cm³/mol. The van der Waals surface area contributed by atoms with E-state index in [2.05, 4.69) is 36.2 Å². The molecule has 0 amide bonds. The molecule has 2 aromatic rings. The van der Waals surface area contributed by atoms with Gasteiger partial charge < -0.3 is 15.8 Å². The van der Waals surface area contributed by atoms with Crippen molar-refractivity contribution in [2.45, 2.75) is 6.92 Å². The van der Waals surface area contributed by atoms with Gasteiger partial charge in [0.1, 0.15) is 0 Å². The van der Waals surface area contributed by atoms with E-state index in [0.29, 0.717) is 5.95 Å². The van der Waals surface area contributed by atoms with Crippen LogP contribution in [0.25, 0.3) is 0 Å². The molecule has 0 aliphatic heterocycles. The maximum absolute atomic E-state index is 5.56. The third kappa shape index (κ3) is 2.67. The van der Waals surface area contributed by atoms with E-state index in [9.17, 15) is 0 Å². The van der Waals surface area contributed by atoms with E-state index in [1.165, 1.54) is 7.11 Å². The molecule has 0 aliphatic carbocycles. The smallest absolute Gasteiger partial charge is 0.322 e. The van der Waals surface area contributed by atoms with Gasteiger partial charge >= 0.3 is 6.01 Å². The van der Waals surface area contributed by atoms with Crippen molar-refractivity contribution < 1.29 is 4.74 Å². The Labute approximate surface area is 113 Å². The number of halogens is 1. The number of rotatable bonds is 3. The molecular formula is C11H12BrN5O. The van der Waals surface area contributed by atoms with Gasteiger partial charge in [-0.3, -0.25) is 0 Å². The molecular weight excluding hydrogens is 298 g/mol. The second-order valence-corrected chi connectivity index (χ2v) is 4.36. The summed E-state index contributed by atoms with van der Waals surface area (Å²) in [7, 11) is 1.47. The van der Waals surface area contributed by atoms with Crippen molar-refractivity contribution in [3.05, 3.63) is 28.2 Å². The average Bonchev–Trinajstić information content (AvgIpc) is 2.34. The number of nitrogen functional groups attached to an aromatic ring is 1. The molecule has 1 heterocycles. The highest BCUT2D eigenvalue weighted by Gasteiger charge is 2.07. The van der Waals surface area contributed by atoms with Crippen LogP contribution in [0.3, 0.4) is 0 Å². The number of nitrogens with one attached hydrogen (secondary N) is 1. The molecule has 3 N–H and O–H groups in total. The van der Waals surface area contributed by atoms with Crippen LogP contribution < -0.4 is 15.8 Å². The fourth-order valence-corrected chi connectivity index (χ4v) is 1.75. The van der Waals surface area contributed by atoms with E-state index in [0.717, 1.165) is 15.7 Å². The van der Waals surface area contributed by atoms with Gasteiger partial charge in [0, 0.05) is 4.47 Å². The normalized spacial score (nSPS) is 10.2. The largest absolute Gasteiger partial charge is 0.467 e. The number of ether oxygens (including phenoxy) is 1. The summed E-state index contributed by atoms with van der Waals surface area (Å²) < 4.78 is 5.88. The number of aromatic nitrogens is 3. The van der Waals surface area contributed by atoms with Crippen LogP contribution in [0.1, 0.15) is 5.56 Å². The molecule has 0 radical (unpaired) electrons. The first-order chi connectivity index (χ1) is 8.60. The predicted octanol–water partition coefficient (Wildman–Crippen LogP) is 2.28. The second kappa shape index (κ2) is 5.18. The average molecular weight is 310 g/mol. The van der Waals surface area contributed by atoms with Crippen molar-refractivity contribution in [3.63, 3.8) is 0 Å². The Kier molecular flexibility index (Phi) is 3.61. The third-order valence-electron chi connectivity index (χ3n) is 2.25. The Hall–Kier alpha value is -1.89. The molecule has 0 fully saturated rings. The molecule has 2 rings (SSSR count). The van der Waals surface area contributed by atoms with Crippen molar-refractivity contribution in [1.82, 2.24) is 15.0 Å². The molecule has 1 aromatic heterocycles. The standard InChI is InChI=1S/C11H12BrN5O/c1-6-4-3-5-7(8(6)12)14-10-15-9(13)16-11(17-10)18-2/h3-5H,1-2H3,(H3,13,14,15,16,17). The minimum absolute atomic E-state index is 0.105. The number of nitrogens with two attached hydrogens (primary N) is 1. The highest BCUT2D eigenvalue weighted by atomic mass is 79.9. The molecule has 1 aromatic carbocycles. The second-order valence-electron chi connectivity index (χ2n) is 3.57. The minimum atomic E-state index is 0.105. The zero-order valence-electron chi connectivity index (χ0n) is 9.94. The van der Waals surface area contributed by atoms with Crippen LogP contribution in [0.5, 0.6) is 6.01 Å². The Morgan fingerprint density at radius 1 is 1.28 bits per heavy atom. The van der Waals surface area contributed by atoms with Crippen LogP contribution in [0, 0.1) is 6.92 Å². The fraction of sp³-hybridized carbons (Fsp3) is 0.182. The number of nitrogens with zero attached hydrogens (tertiary/aromatic N) is 3. The summed E-state index contributed by atoms with van der Waals surface area (Å²) in [5.74, 6) is 0.443. The molecule has 0 saturated carbocycles. The lowest BCUT2D eigenvalue weighted by Gasteiger charge is -2.09. The lowest BCUT2D eigenvalue weighted by molar-refractivity contribution is 0.380. The zero-order valence-corrected chi connectivity index (χ0v) is 11.5. The monoisotopic (exact) mass is 309 g/mol. The Balaban J connectivity index is 2.34.